The topological polar surface area (TPSA) is 41.6 Å². The SMILES string of the molecule is COCC1(C(=O)N(C)Cc2cccc(Br)c2)CCNCC1.Cl. The van der Waals surface area contributed by atoms with Crippen LogP contribution in [0.15, 0.2) is 28.7 Å². The number of nitrogens with zero attached hydrogens (tertiary/aromatic N) is 1. The van der Waals surface area contributed by atoms with Gasteiger partial charge in [-0.2, -0.15) is 0 Å². The number of ether oxygens (including phenoxy) is 1. The van der Waals surface area contributed by atoms with E-state index in [4.69, 9.17) is 4.74 Å². The Kier molecular flexibility index (Phi) is 7.83. The zero-order valence-corrected chi connectivity index (χ0v) is 15.5. The molecule has 0 saturated carbocycles. The summed E-state index contributed by atoms with van der Waals surface area (Å²) >= 11 is 3.47. The number of carbonyl (C=O) groups excluding carboxylic acids is 1. The summed E-state index contributed by atoms with van der Waals surface area (Å²) in [6.07, 6.45) is 1.67. The van der Waals surface area contributed by atoms with E-state index >= 15 is 0 Å². The zero-order chi connectivity index (χ0) is 15.3. The van der Waals surface area contributed by atoms with Crippen LogP contribution < -0.4 is 5.32 Å². The third kappa shape index (κ3) is 4.69. The van der Waals surface area contributed by atoms with Crippen LogP contribution >= 0.6 is 28.3 Å². The van der Waals surface area contributed by atoms with Gasteiger partial charge in [0.1, 0.15) is 0 Å². The van der Waals surface area contributed by atoms with E-state index in [0.29, 0.717) is 13.2 Å². The van der Waals surface area contributed by atoms with Gasteiger partial charge >= 0.3 is 0 Å². The highest BCUT2D eigenvalue weighted by molar-refractivity contribution is 9.10. The van der Waals surface area contributed by atoms with Crippen molar-refractivity contribution in [3.05, 3.63) is 34.3 Å². The summed E-state index contributed by atoms with van der Waals surface area (Å²) < 4.78 is 6.38. The van der Waals surface area contributed by atoms with E-state index in [0.717, 1.165) is 36.0 Å². The van der Waals surface area contributed by atoms with E-state index in [-0.39, 0.29) is 23.7 Å². The predicted octanol–water partition coefficient (Wildman–Crippen LogP) is 2.85. The fourth-order valence-corrected chi connectivity index (χ4v) is 3.43. The molecule has 0 unspecified atom stereocenters. The van der Waals surface area contributed by atoms with Gasteiger partial charge < -0.3 is 15.0 Å². The van der Waals surface area contributed by atoms with Crippen LogP contribution in [0.1, 0.15) is 18.4 Å². The van der Waals surface area contributed by atoms with Gasteiger partial charge in [-0.15, -0.1) is 12.4 Å². The van der Waals surface area contributed by atoms with E-state index in [1.807, 2.05) is 30.1 Å². The number of hydrogen-bond donors (Lipinski definition) is 1. The number of methoxy groups -OCH3 is 1. The molecule has 1 amide bonds. The maximum Gasteiger partial charge on any atom is 0.231 e. The van der Waals surface area contributed by atoms with Gasteiger partial charge in [0.2, 0.25) is 5.91 Å². The molecule has 0 aliphatic carbocycles. The van der Waals surface area contributed by atoms with Crippen molar-refractivity contribution in [1.29, 1.82) is 0 Å². The lowest BCUT2D eigenvalue weighted by atomic mass is 9.78. The molecule has 0 radical (unpaired) electrons. The second-order valence-electron chi connectivity index (χ2n) is 5.75. The van der Waals surface area contributed by atoms with Gasteiger partial charge in [0.25, 0.3) is 0 Å². The summed E-state index contributed by atoms with van der Waals surface area (Å²) in [7, 11) is 3.55. The second-order valence-corrected chi connectivity index (χ2v) is 6.67. The Hall–Kier alpha value is -0.620. The van der Waals surface area contributed by atoms with Crippen LogP contribution in [0.2, 0.25) is 0 Å². The van der Waals surface area contributed by atoms with E-state index in [1.165, 1.54) is 0 Å². The average molecular weight is 392 g/mol. The molecule has 1 aromatic rings. The molecule has 1 fully saturated rings. The molecule has 4 nitrogen and oxygen atoms in total. The minimum Gasteiger partial charge on any atom is -0.384 e. The lowest BCUT2D eigenvalue weighted by molar-refractivity contribution is -0.146. The van der Waals surface area contributed by atoms with Gasteiger partial charge in [0, 0.05) is 25.2 Å². The van der Waals surface area contributed by atoms with Crippen molar-refractivity contribution in [2.24, 2.45) is 5.41 Å². The summed E-state index contributed by atoms with van der Waals surface area (Å²) in [5.74, 6) is 0.186. The van der Waals surface area contributed by atoms with Crippen molar-refractivity contribution in [3.63, 3.8) is 0 Å². The first-order valence-corrected chi connectivity index (χ1v) is 8.06. The first kappa shape index (κ1) is 19.4. The van der Waals surface area contributed by atoms with Crippen LogP contribution in [-0.2, 0) is 16.1 Å². The maximum absolute atomic E-state index is 12.9. The van der Waals surface area contributed by atoms with E-state index in [2.05, 4.69) is 27.3 Å². The van der Waals surface area contributed by atoms with Gasteiger partial charge in [-0.1, -0.05) is 28.1 Å². The number of hydrogen-bond acceptors (Lipinski definition) is 3. The zero-order valence-electron chi connectivity index (χ0n) is 13.1. The molecule has 0 bridgehead atoms. The number of amides is 1. The monoisotopic (exact) mass is 390 g/mol. The molecular formula is C16H24BrClN2O2. The summed E-state index contributed by atoms with van der Waals surface area (Å²) in [5, 5.41) is 3.32. The fourth-order valence-electron chi connectivity index (χ4n) is 2.99. The highest BCUT2D eigenvalue weighted by atomic mass is 79.9. The first-order valence-electron chi connectivity index (χ1n) is 7.27. The Morgan fingerprint density at radius 2 is 2.09 bits per heavy atom. The molecule has 124 valence electrons. The number of rotatable bonds is 5. The third-order valence-electron chi connectivity index (χ3n) is 4.09. The maximum atomic E-state index is 12.9. The molecule has 0 atom stereocenters. The van der Waals surface area contributed by atoms with Crippen LogP contribution in [0.5, 0.6) is 0 Å². The highest BCUT2D eigenvalue weighted by Crippen LogP contribution is 2.31. The van der Waals surface area contributed by atoms with Crippen LogP contribution in [-0.4, -0.2) is 44.7 Å². The third-order valence-corrected chi connectivity index (χ3v) is 4.58. The van der Waals surface area contributed by atoms with Gasteiger partial charge in [-0.3, -0.25) is 4.79 Å². The number of benzene rings is 1. The minimum absolute atomic E-state index is 0. The van der Waals surface area contributed by atoms with Crippen molar-refractivity contribution >= 4 is 34.2 Å². The lowest BCUT2D eigenvalue weighted by Crippen LogP contribution is -2.50. The Morgan fingerprint density at radius 3 is 2.68 bits per heavy atom. The Labute approximate surface area is 147 Å². The highest BCUT2D eigenvalue weighted by Gasteiger charge is 2.41. The van der Waals surface area contributed by atoms with E-state index in [1.54, 1.807) is 7.11 Å². The number of nitrogens with one attached hydrogen (secondary N) is 1. The largest absolute Gasteiger partial charge is 0.384 e. The summed E-state index contributed by atoms with van der Waals surface area (Å²) in [5.41, 5.74) is 0.752. The normalized spacial score (nSPS) is 16.7. The summed E-state index contributed by atoms with van der Waals surface area (Å²) in [4.78, 5) is 14.7. The van der Waals surface area contributed by atoms with Crippen molar-refractivity contribution in [1.82, 2.24) is 10.2 Å². The van der Waals surface area contributed by atoms with Crippen molar-refractivity contribution in [2.45, 2.75) is 19.4 Å². The molecule has 2 rings (SSSR count). The lowest BCUT2D eigenvalue weighted by Gasteiger charge is -2.38. The minimum atomic E-state index is -0.374. The number of halogens is 2. The van der Waals surface area contributed by atoms with Crippen LogP contribution in [0.3, 0.4) is 0 Å². The molecular weight excluding hydrogens is 368 g/mol. The van der Waals surface area contributed by atoms with E-state index in [9.17, 15) is 4.79 Å². The molecule has 1 heterocycles. The smallest absolute Gasteiger partial charge is 0.231 e. The quantitative estimate of drug-likeness (QED) is 0.839. The number of piperidine rings is 1. The molecule has 1 aromatic carbocycles. The predicted molar refractivity (Wildman–Crippen MR) is 94.3 cm³/mol. The molecule has 1 aliphatic heterocycles. The number of carbonyl (C=O) groups is 1. The standard InChI is InChI=1S/C16H23BrN2O2.ClH/c1-19(11-13-4-3-5-14(17)10-13)15(20)16(12-21-2)6-8-18-9-7-16;/h3-5,10,18H,6-9,11-12H2,1-2H3;1H. The summed E-state index contributed by atoms with van der Waals surface area (Å²) in [6.45, 7) is 2.87. The van der Waals surface area contributed by atoms with E-state index < -0.39 is 0 Å². The van der Waals surface area contributed by atoms with Crippen LogP contribution in [0.4, 0.5) is 0 Å². The van der Waals surface area contributed by atoms with Gasteiger partial charge in [-0.05, 0) is 43.6 Å². The van der Waals surface area contributed by atoms with Crippen molar-refractivity contribution in [3.8, 4) is 0 Å². The molecule has 0 spiro atoms. The molecule has 1 saturated heterocycles. The van der Waals surface area contributed by atoms with Crippen LogP contribution in [0, 0.1) is 5.41 Å². The molecule has 0 aromatic heterocycles. The van der Waals surface area contributed by atoms with Gasteiger partial charge in [0.15, 0.2) is 0 Å². The van der Waals surface area contributed by atoms with Gasteiger partial charge in [-0.25, -0.2) is 0 Å². The van der Waals surface area contributed by atoms with Crippen LogP contribution in [0.25, 0.3) is 0 Å². The average Bonchev–Trinajstić information content (AvgIpc) is 2.47. The molecule has 22 heavy (non-hydrogen) atoms. The van der Waals surface area contributed by atoms with Gasteiger partial charge in [0.05, 0.1) is 12.0 Å². The second kappa shape index (κ2) is 8.87. The Bertz CT molecular complexity index is 487. The molecule has 6 heteroatoms. The molecule has 1 aliphatic rings. The first-order chi connectivity index (χ1) is 10.1. The van der Waals surface area contributed by atoms with Crippen molar-refractivity contribution < 1.29 is 9.53 Å². The Balaban J connectivity index is 0.00000242. The fraction of sp³-hybridized carbons (Fsp3) is 0.562. The molecule has 1 N–H and O–H groups in total. The Morgan fingerprint density at radius 1 is 1.41 bits per heavy atom. The van der Waals surface area contributed by atoms with Crippen molar-refractivity contribution in [2.75, 3.05) is 33.9 Å². The summed E-state index contributed by atoms with van der Waals surface area (Å²) in [6, 6.07) is 8.08.